The normalized spacial score (nSPS) is 25.2. The number of ether oxygens (including phenoxy) is 2. The number of cyclic esters (lactones) is 1. The SMILES string of the molecule is CC[C@@]1(O)C(=O)OCc2c1cc1n(c2=O)Cc2c-1nc1cc(F)c(C)c3c1c2[C@@H](NC(=O)O[C@@H]1CCCC[C@H]1SSC)CC3. The van der Waals surface area contributed by atoms with E-state index in [1.54, 1.807) is 46.1 Å². The Morgan fingerprint density at radius 1 is 1.23 bits per heavy atom. The molecule has 12 heteroatoms. The summed E-state index contributed by atoms with van der Waals surface area (Å²) in [6.07, 6.45) is 6.46. The lowest BCUT2D eigenvalue weighted by Gasteiger charge is -2.32. The zero-order valence-corrected chi connectivity index (χ0v) is 26.5. The Morgan fingerprint density at radius 3 is 2.80 bits per heavy atom. The molecule has 2 aliphatic carbocycles. The summed E-state index contributed by atoms with van der Waals surface area (Å²) in [5, 5.41) is 15.4. The third-order valence-corrected chi connectivity index (χ3v) is 12.1. The van der Waals surface area contributed by atoms with Crippen molar-refractivity contribution in [3.8, 4) is 11.4 Å². The van der Waals surface area contributed by atoms with E-state index in [1.807, 2.05) is 6.26 Å². The quantitative estimate of drug-likeness (QED) is 0.214. The topological polar surface area (TPSA) is 120 Å². The Bertz CT molecular complexity index is 1790. The first-order chi connectivity index (χ1) is 21.2. The number of aromatic nitrogens is 2. The van der Waals surface area contributed by atoms with Gasteiger partial charge < -0.3 is 24.5 Å². The number of aliphatic hydroxyl groups is 1. The molecular weight excluding hydrogens is 605 g/mol. The fourth-order valence-electron chi connectivity index (χ4n) is 7.44. The number of rotatable bonds is 5. The minimum absolute atomic E-state index is 0.0320. The fraction of sp³-hybridized carbons (Fsp3) is 0.500. The molecule has 1 aromatic carbocycles. The maximum absolute atomic E-state index is 15.2. The van der Waals surface area contributed by atoms with Crippen molar-refractivity contribution >= 4 is 44.6 Å². The molecule has 1 amide bonds. The molecule has 0 spiro atoms. The fourth-order valence-corrected chi connectivity index (χ4v) is 9.67. The average molecular weight is 640 g/mol. The van der Waals surface area contributed by atoms with Crippen molar-refractivity contribution in [2.75, 3.05) is 6.26 Å². The molecule has 1 fully saturated rings. The number of fused-ring (bicyclic) bond motifs is 5. The minimum Gasteiger partial charge on any atom is -0.458 e. The number of hydrogen-bond acceptors (Lipinski definition) is 9. The first-order valence-corrected chi connectivity index (χ1v) is 17.8. The number of esters is 1. The molecular formula is C32H34FN3O6S2. The van der Waals surface area contributed by atoms with Crippen molar-refractivity contribution in [1.82, 2.24) is 14.9 Å². The largest absolute Gasteiger partial charge is 0.458 e. The van der Waals surface area contributed by atoms with Crippen LogP contribution in [-0.2, 0) is 39.4 Å². The molecule has 3 aromatic rings. The van der Waals surface area contributed by atoms with E-state index >= 15 is 4.39 Å². The lowest BCUT2D eigenvalue weighted by molar-refractivity contribution is -0.172. The zero-order valence-electron chi connectivity index (χ0n) is 24.8. The second-order valence-electron chi connectivity index (χ2n) is 12.1. The van der Waals surface area contributed by atoms with Gasteiger partial charge in [-0.1, -0.05) is 34.9 Å². The molecule has 4 heterocycles. The molecule has 232 valence electrons. The van der Waals surface area contributed by atoms with Crippen molar-refractivity contribution in [2.45, 2.75) is 94.9 Å². The van der Waals surface area contributed by atoms with Gasteiger partial charge in [-0.25, -0.2) is 19.0 Å². The number of carbonyl (C=O) groups excluding carboxylic acids is 2. The molecule has 2 N–H and O–H groups in total. The third kappa shape index (κ3) is 4.47. The summed E-state index contributed by atoms with van der Waals surface area (Å²) >= 11 is 0. The van der Waals surface area contributed by atoms with E-state index in [1.165, 1.54) is 6.07 Å². The van der Waals surface area contributed by atoms with Gasteiger partial charge in [-0.3, -0.25) is 4.79 Å². The molecule has 4 aliphatic rings. The van der Waals surface area contributed by atoms with Gasteiger partial charge in [0.2, 0.25) is 0 Å². The Hall–Kier alpha value is -3.09. The molecule has 0 saturated heterocycles. The monoisotopic (exact) mass is 639 g/mol. The highest BCUT2D eigenvalue weighted by Gasteiger charge is 2.46. The Morgan fingerprint density at radius 2 is 2.02 bits per heavy atom. The molecule has 0 unspecified atom stereocenters. The molecule has 0 radical (unpaired) electrons. The number of hydrogen-bond donors (Lipinski definition) is 2. The van der Waals surface area contributed by atoms with E-state index in [0.29, 0.717) is 35.3 Å². The zero-order chi connectivity index (χ0) is 30.9. The van der Waals surface area contributed by atoms with Crippen LogP contribution in [-0.4, -0.2) is 44.3 Å². The number of alkyl carbamates (subject to hydrolysis) is 1. The molecule has 7 rings (SSSR count). The van der Waals surface area contributed by atoms with Crippen molar-refractivity contribution < 1.29 is 28.6 Å². The van der Waals surface area contributed by atoms with E-state index < -0.39 is 23.7 Å². The highest BCUT2D eigenvalue weighted by molar-refractivity contribution is 8.76. The summed E-state index contributed by atoms with van der Waals surface area (Å²) in [5.74, 6) is -1.16. The van der Waals surface area contributed by atoms with Gasteiger partial charge in [-0.05, 0) is 74.5 Å². The van der Waals surface area contributed by atoms with Crippen LogP contribution in [0.1, 0.15) is 84.9 Å². The van der Waals surface area contributed by atoms with Crippen LogP contribution in [0.15, 0.2) is 16.9 Å². The van der Waals surface area contributed by atoms with Crippen LogP contribution < -0.4 is 10.9 Å². The number of amides is 1. The Labute approximate surface area is 261 Å². The molecule has 4 atom stereocenters. The molecule has 9 nitrogen and oxygen atoms in total. The number of carbonyl (C=O) groups is 2. The molecule has 1 saturated carbocycles. The number of aryl methyl sites for hydroxylation is 1. The lowest BCUT2D eigenvalue weighted by Crippen LogP contribution is -2.44. The van der Waals surface area contributed by atoms with Gasteiger partial charge in [0.25, 0.3) is 5.56 Å². The van der Waals surface area contributed by atoms with Crippen LogP contribution in [0, 0.1) is 12.7 Å². The number of nitrogens with one attached hydrogen (secondary N) is 1. The van der Waals surface area contributed by atoms with E-state index in [-0.39, 0.29) is 53.4 Å². The summed E-state index contributed by atoms with van der Waals surface area (Å²) in [7, 11) is 3.43. The van der Waals surface area contributed by atoms with Crippen LogP contribution in [0.3, 0.4) is 0 Å². The van der Waals surface area contributed by atoms with Crippen LogP contribution in [0.4, 0.5) is 9.18 Å². The van der Waals surface area contributed by atoms with Gasteiger partial charge in [0.15, 0.2) is 5.60 Å². The van der Waals surface area contributed by atoms with Crippen molar-refractivity contribution in [2.24, 2.45) is 0 Å². The Kier molecular flexibility index (Phi) is 7.44. The number of benzene rings is 1. The second-order valence-corrected chi connectivity index (χ2v) is 14.8. The van der Waals surface area contributed by atoms with Crippen LogP contribution in [0.5, 0.6) is 0 Å². The van der Waals surface area contributed by atoms with Crippen molar-refractivity contribution in [1.29, 1.82) is 0 Å². The van der Waals surface area contributed by atoms with Gasteiger partial charge in [-0.2, -0.15) is 0 Å². The first-order valence-electron chi connectivity index (χ1n) is 15.1. The van der Waals surface area contributed by atoms with Gasteiger partial charge >= 0.3 is 12.1 Å². The van der Waals surface area contributed by atoms with Gasteiger partial charge in [-0.15, -0.1) is 0 Å². The summed E-state index contributed by atoms with van der Waals surface area (Å²) in [6.45, 7) is 3.37. The molecule has 0 bridgehead atoms. The Balaban J connectivity index is 1.34. The molecule has 2 aliphatic heterocycles. The summed E-state index contributed by atoms with van der Waals surface area (Å²) in [5.41, 5.74) is 2.44. The number of pyridine rings is 2. The van der Waals surface area contributed by atoms with Gasteiger partial charge in [0.1, 0.15) is 18.5 Å². The first kappa shape index (κ1) is 29.6. The van der Waals surface area contributed by atoms with Crippen LogP contribution in [0.25, 0.3) is 22.3 Å². The van der Waals surface area contributed by atoms with Crippen LogP contribution in [0.2, 0.25) is 0 Å². The number of nitrogens with zero attached hydrogens (tertiary/aromatic N) is 2. The molecule has 44 heavy (non-hydrogen) atoms. The van der Waals surface area contributed by atoms with E-state index in [0.717, 1.165) is 47.8 Å². The maximum atomic E-state index is 15.2. The van der Waals surface area contributed by atoms with Gasteiger partial charge in [0, 0.05) is 22.6 Å². The maximum Gasteiger partial charge on any atom is 0.407 e. The predicted octanol–water partition coefficient (Wildman–Crippen LogP) is 5.56. The van der Waals surface area contributed by atoms with E-state index in [9.17, 15) is 19.5 Å². The highest BCUT2D eigenvalue weighted by atomic mass is 33.1. The standard InChI is InChI=1S/C32H34FN3O6S2/c1-4-32(40)19-11-23-28-17(13-36(23)29(37)18(19)14-41-30(32)38)27-21(10-9-16-15(2)20(33)12-22(34-28)26(16)27)35-31(39)42-24-7-5-6-8-25(24)44-43-3/h11-12,21,24-25,40H,4-10,13-14H2,1-3H3,(H,35,39)/t21-,24+,25+,32-/m0/s1. The summed E-state index contributed by atoms with van der Waals surface area (Å²) in [4.78, 5) is 44.7. The van der Waals surface area contributed by atoms with E-state index in [4.69, 9.17) is 14.5 Å². The van der Waals surface area contributed by atoms with Gasteiger partial charge in [0.05, 0.1) is 40.3 Å². The predicted molar refractivity (Wildman–Crippen MR) is 167 cm³/mol. The lowest BCUT2D eigenvalue weighted by atomic mass is 9.81. The molecule has 2 aromatic heterocycles. The summed E-state index contributed by atoms with van der Waals surface area (Å²) in [6, 6.07) is 2.62. The summed E-state index contributed by atoms with van der Waals surface area (Å²) < 4.78 is 28.0. The minimum atomic E-state index is -1.95. The number of halogens is 1. The van der Waals surface area contributed by atoms with Crippen molar-refractivity contribution in [3.05, 3.63) is 61.7 Å². The smallest absolute Gasteiger partial charge is 0.407 e. The van der Waals surface area contributed by atoms with E-state index in [2.05, 4.69) is 5.32 Å². The third-order valence-electron chi connectivity index (χ3n) is 9.79. The average Bonchev–Trinajstić information content (AvgIpc) is 3.38. The van der Waals surface area contributed by atoms with Crippen LogP contribution >= 0.6 is 21.6 Å². The van der Waals surface area contributed by atoms with Crippen molar-refractivity contribution in [3.63, 3.8) is 0 Å². The second kappa shape index (κ2) is 11.1. The highest BCUT2D eigenvalue weighted by Crippen LogP contribution is 2.46.